The minimum Gasteiger partial charge on any atom is -0.489 e. The molecule has 1 heterocycles. The van der Waals surface area contributed by atoms with E-state index in [1.54, 1.807) is 11.8 Å². The van der Waals surface area contributed by atoms with E-state index in [0.29, 0.717) is 35.4 Å². The summed E-state index contributed by atoms with van der Waals surface area (Å²) in [6, 6.07) is 15.8. The van der Waals surface area contributed by atoms with Crippen molar-refractivity contribution in [2.45, 2.75) is 33.3 Å². The van der Waals surface area contributed by atoms with Crippen LogP contribution in [0.25, 0.3) is 6.08 Å². The third-order valence-electron chi connectivity index (χ3n) is 4.61. The number of amides is 1. The van der Waals surface area contributed by atoms with Gasteiger partial charge in [0.2, 0.25) is 0 Å². The molecule has 1 aliphatic heterocycles. The van der Waals surface area contributed by atoms with E-state index in [9.17, 15) is 9.59 Å². The molecular formula is C24H25NO4S2. The molecule has 2 aromatic rings. The summed E-state index contributed by atoms with van der Waals surface area (Å²) >= 11 is 6.62. The van der Waals surface area contributed by atoms with Gasteiger partial charge in [-0.3, -0.25) is 14.5 Å². The normalized spacial score (nSPS) is 14.9. The molecule has 5 nitrogen and oxygen atoms in total. The molecule has 1 saturated heterocycles. The smallest absolute Gasteiger partial charge is 0.305 e. The number of nitrogens with zero attached hydrogens (tertiary/aromatic N) is 1. The topological polar surface area (TPSA) is 55.8 Å². The third kappa shape index (κ3) is 6.67. The zero-order valence-corrected chi connectivity index (χ0v) is 19.3. The fourth-order valence-electron chi connectivity index (χ4n) is 3.09. The number of ether oxygens (including phenoxy) is 2. The number of carbonyl (C=O) groups excluding carboxylic acids is 2. The van der Waals surface area contributed by atoms with Gasteiger partial charge >= 0.3 is 5.97 Å². The molecular weight excluding hydrogens is 430 g/mol. The third-order valence-corrected chi connectivity index (χ3v) is 5.99. The van der Waals surface area contributed by atoms with Crippen molar-refractivity contribution in [3.63, 3.8) is 0 Å². The molecule has 0 bridgehead atoms. The minimum atomic E-state index is -0.256. The van der Waals surface area contributed by atoms with Crippen molar-refractivity contribution in [1.29, 1.82) is 0 Å². The first kappa shape index (κ1) is 23.0. The predicted molar refractivity (Wildman–Crippen MR) is 128 cm³/mol. The van der Waals surface area contributed by atoms with Crippen molar-refractivity contribution in [1.82, 2.24) is 4.90 Å². The van der Waals surface area contributed by atoms with Crippen LogP contribution in [-0.2, 0) is 20.9 Å². The number of rotatable bonds is 9. The molecule has 7 heteroatoms. The van der Waals surface area contributed by atoms with Crippen LogP contribution in [0.15, 0.2) is 53.4 Å². The van der Waals surface area contributed by atoms with Crippen LogP contribution in [0.2, 0.25) is 0 Å². The van der Waals surface area contributed by atoms with Gasteiger partial charge < -0.3 is 9.47 Å². The van der Waals surface area contributed by atoms with E-state index in [2.05, 4.69) is 19.1 Å². The van der Waals surface area contributed by atoms with Crippen LogP contribution in [0.5, 0.6) is 5.75 Å². The highest BCUT2D eigenvalue weighted by Crippen LogP contribution is 2.33. The second-order valence-electron chi connectivity index (χ2n) is 7.09. The molecule has 1 amide bonds. The molecule has 0 radical (unpaired) electrons. The van der Waals surface area contributed by atoms with E-state index in [1.807, 2.05) is 42.5 Å². The Hall–Kier alpha value is -2.64. The van der Waals surface area contributed by atoms with Crippen molar-refractivity contribution >= 4 is 46.3 Å². The molecule has 0 aliphatic carbocycles. The van der Waals surface area contributed by atoms with Gasteiger partial charge in [-0.25, -0.2) is 0 Å². The average molecular weight is 456 g/mol. The van der Waals surface area contributed by atoms with Crippen molar-refractivity contribution in [3.05, 3.63) is 70.1 Å². The first-order valence-corrected chi connectivity index (χ1v) is 11.4. The molecule has 3 rings (SSSR count). The highest BCUT2D eigenvalue weighted by molar-refractivity contribution is 8.26. The van der Waals surface area contributed by atoms with Crippen LogP contribution in [0.3, 0.4) is 0 Å². The summed E-state index contributed by atoms with van der Waals surface area (Å²) in [7, 11) is 0. The second kappa shape index (κ2) is 11.1. The lowest BCUT2D eigenvalue weighted by Crippen LogP contribution is -2.29. The van der Waals surface area contributed by atoms with Gasteiger partial charge in [-0.15, -0.1) is 0 Å². The second-order valence-corrected chi connectivity index (χ2v) is 8.76. The number of esters is 1. The fourth-order valence-corrected chi connectivity index (χ4v) is 4.40. The molecule has 0 atom stereocenters. The quantitative estimate of drug-likeness (QED) is 0.297. The lowest BCUT2D eigenvalue weighted by atomic mass is 10.1. The highest BCUT2D eigenvalue weighted by Gasteiger charge is 2.31. The fraction of sp³-hybridized carbons (Fsp3) is 0.292. The van der Waals surface area contributed by atoms with E-state index in [0.717, 1.165) is 16.9 Å². The molecule has 0 unspecified atom stereocenters. The predicted octanol–water partition coefficient (Wildman–Crippen LogP) is 5.12. The van der Waals surface area contributed by atoms with Gasteiger partial charge in [-0.05, 0) is 49.6 Å². The first-order valence-electron chi connectivity index (χ1n) is 10.2. The summed E-state index contributed by atoms with van der Waals surface area (Å²) in [5.41, 5.74) is 3.22. The minimum absolute atomic E-state index is 0.126. The molecule has 31 heavy (non-hydrogen) atoms. The Morgan fingerprint density at radius 1 is 1.19 bits per heavy atom. The van der Waals surface area contributed by atoms with E-state index < -0.39 is 0 Å². The Labute approximate surface area is 192 Å². The molecule has 0 aromatic heterocycles. The first-order chi connectivity index (χ1) is 15.0. The van der Waals surface area contributed by atoms with Gasteiger partial charge in [0, 0.05) is 13.0 Å². The van der Waals surface area contributed by atoms with Crippen LogP contribution in [-0.4, -0.2) is 34.2 Å². The number of hydrogen-bond acceptors (Lipinski definition) is 6. The maximum absolute atomic E-state index is 12.7. The molecule has 0 N–H and O–H groups in total. The monoisotopic (exact) mass is 455 g/mol. The van der Waals surface area contributed by atoms with Gasteiger partial charge in [0.1, 0.15) is 16.7 Å². The average Bonchev–Trinajstić information content (AvgIpc) is 3.01. The lowest BCUT2D eigenvalue weighted by Gasteiger charge is -2.13. The zero-order chi connectivity index (χ0) is 22.2. The maximum Gasteiger partial charge on any atom is 0.305 e. The Balaban J connectivity index is 1.55. The van der Waals surface area contributed by atoms with Gasteiger partial charge in [0.25, 0.3) is 5.91 Å². The Morgan fingerprint density at radius 2 is 1.97 bits per heavy atom. The van der Waals surface area contributed by atoms with Crippen molar-refractivity contribution in [3.8, 4) is 5.75 Å². The number of thioether (sulfide) groups is 1. The van der Waals surface area contributed by atoms with Gasteiger partial charge in [-0.2, -0.15) is 0 Å². The maximum atomic E-state index is 12.7. The van der Waals surface area contributed by atoms with Crippen molar-refractivity contribution in [2.24, 2.45) is 0 Å². The summed E-state index contributed by atoms with van der Waals surface area (Å²) in [6.45, 7) is 5.10. The van der Waals surface area contributed by atoms with Crippen LogP contribution >= 0.6 is 24.0 Å². The standard InChI is InChI=1S/C24H25NO4S2/c1-3-28-22(26)8-5-13-25-23(27)21(31-24(25)30)15-18-9-11-20(12-10-18)29-16-19-7-4-6-17(2)14-19/h4,6-7,9-12,14-15H,3,5,8,13,16H2,1-2H3/b21-15+. The van der Waals surface area contributed by atoms with E-state index in [4.69, 9.17) is 21.7 Å². The van der Waals surface area contributed by atoms with Gasteiger partial charge in [-0.1, -0.05) is 65.9 Å². The summed E-state index contributed by atoms with van der Waals surface area (Å²) in [5.74, 6) is 0.386. The molecule has 0 saturated carbocycles. The SMILES string of the molecule is CCOC(=O)CCCN1C(=O)/C(=C\c2ccc(OCc3cccc(C)c3)cc2)SC1=S. The van der Waals surface area contributed by atoms with Gasteiger partial charge in [0.05, 0.1) is 11.5 Å². The number of thiocarbonyl (C=S) groups is 1. The largest absolute Gasteiger partial charge is 0.489 e. The van der Waals surface area contributed by atoms with Crippen molar-refractivity contribution in [2.75, 3.05) is 13.2 Å². The Morgan fingerprint density at radius 3 is 2.68 bits per heavy atom. The summed E-state index contributed by atoms with van der Waals surface area (Å²) in [5, 5.41) is 0. The summed E-state index contributed by atoms with van der Waals surface area (Å²) in [6.07, 6.45) is 2.62. The molecule has 0 spiro atoms. The molecule has 1 aliphatic rings. The van der Waals surface area contributed by atoms with E-state index in [1.165, 1.54) is 17.3 Å². The molecule has 1 fully saturated rings. The Kier molecular flexibility index (Phi) is 8.26. The van der Waals surface area contributed by atoms with Crippen LogP contribution in [0.1, 0.15) is 36.5 Å². The highest BCUT2D eigenvalue weighted by atomic mass is 32.2. The van der Waals surface area contributed by atoms with Crippen LogP contribution < -0.4 is 4.74 Å². The summed E-state index contributed by atoms with van der Waals surface area (Å²) in [4.78, 5) is 26.3. The Bertz CT molecular complexity index is 985. The number of aryl methyl sites for hydroxylation is 1. The number of carbonyl (C=O) groups is 2. The van der Waals surface area contributed by atoms with Crippen molar-refractivity contribution < 1.29 is 19.1 Å². The van der Waals surface area contributed by atoms with Crippen LogP contribution in [0, 0.1) is 6.92 Å². The molecule has 162 valence electrons. The van der Waals surface area contributed by atoms with E-state index in [-0.39, 0.29) is 18.3 Å². The molecule has 2 aromatic carbocycles. The summed E-state index contributed by atoms with van der Waals surface area (Å²) < 4.78 is 11.3. The lowest BCUT2D eigenvalue weighted by molar-refractivity contribution is -0.143. The van der Waals surface area contributed by atoms with Crippen LogP contribution in [0.4, 0.5) is 0 Å². The number of hydrogen-bond donors (Lipinski definition) is 0. The van der Waals surface area contributed by atoms with E-state index >= 15 is 0 Å². The number of benzene rings is 2. The zero-order valence-electron chi connectivity index (χ0n) is 17.6. The van der Waals surface area contributed by atoms with Gasteiger partial charge in [0.15, 0.2) is 0 Å².